The van der Waals surface area contributed by atoms with E-state index in [0.29, 0.717) is 12.1 Å². The highest BCUT2D eigenvalue weighted by molar-refractivity contribution is 4.99. The van der Waals surface area contributed by atoms with Crippen molar-refractivity contribution in [3.8, 4) is 0 Å². The van der Waals surface area contributed by atoms with E-state index in [0.717, 1.165) is 13.1 Å². The van der Waals surface area contributed by atoms with Gasteiger partial charge in [0, 0.05) is 38.4 Å². The van der Waals surface area contributed by atoms with Crippen molar-refractivity contribution < 1.29 is 0 Å². The van der Waals surface area contributed by atoms with Crippen molar-refractivity contribution in [2.24, 2.45) is 7.05 Å². The third kappa shape index (κ3) is 3.54. The van der Waals surface area contributed by atoms with Gasteiger partial charge in [0.1, 0.15) is 0 Å². The van der Waals surface area contributed by atoms with Crippen LogP contribution < -0.4 is 5.32 Å². The van der Waals surface area contributed by atoms with E-state index in [9.17, 15) is 0 Å². The average molecular weight is 236 g/mol. The molecule has 0 aliphatic carbocycles. The maximum Gasteiger partial charge on any atom is 0.0764 e. The summed E-state index contributed by atoms with van der Waals surface area (Å²) in [5.41, 5.74) is 1.17. The maximum absolute atomic E-state index is 4.46. The highest BCUT2D eigenvalue weighted by atomic mass is 15.3. The quantitative estimate of drug-likeness (QED) is 0.838. The summed E-state index contributed by atoms with van der Waals surface area (Å²) in [4.78, 5) is 2.51. The monoisotopic (exact) mass is 236 g/mol. The van der Waals surface area contributed by atoms with Crippen LogP contribution in [0, 0.1) is 0 Å². The molecule has 2 rings (SSSR count). The SMILES string of the molecule is CC(C)N(Cc1ccn(C)n1)CC1CCCN1. The van der Waals surface area contributed by atoms with E-state index >= 15 is 0 Å². The van der Waals surface area contributed by atoms with Gasteiger partial charge in [-0.1, -0.05) is 0 Å². The van der Waals surface area contributed by atoms with E-state index in [2.05, 4.69) is 35.2 Å². The molecule has 96 valence electrons. The van der Waals surface area contributed by atoms with Crippen molar-refractivity contribution in [2.45, 2.75) is 45.3 Å². The predicted molar refractivity (Wildman–Crippen MR) is 69.8 cm³/mol. The third-order valence-corrected chi connectivity index (χ3v) is 3.48. The molecule has 1 aromatic heterocycles. The minimum Gasteiger partial charge on any atom is -0.313 e. The number of nitrogens with one attached hydrogen (secondary N) is 1. The average Bonchev–Trinajstić information content (AvgIpc) is 2.89. The first kappa shape index (κ1) is 12.6. The number of rotatable bonds is 5. The molecule has 1 atom stereocenters. The summed E-state index contributed by atoms with van der Waals surface area (Å²) in [7, 11) is 1.97. The second-order valence-corrected chi connectivity index (χ2v) is 5.30. The number of hydrogen-bond acceptors (Lipinski definition) is 3. The maximum atomic E-state index is 4.46. The van der Waals surface area contributed by atoms with Gasteiger partial charge in [0.05, 0.1) is 5.69 Å². The Morgan fingerprint density at radius 1 is 1.59 bits per heavy atom. The van der Waals surface area contributed by atoms with E-state index in [4.69, 9.17) is 0 Å². The van der Waals surface area contributed by atoms with Gasteiger partial charge in [0.15, 0.2) is 0 Å². The smallest absolute Gasteiger partial charge is 0.0764 e. The molecule has 17 heavy (non-hydrogen) atoms. The van der Waals surface area contributed by atoms with Crippen molar-refractivity contribution in [1.29, 1.82) is 0 Å². The van der Waals surface area contributed by atoms with Crippen molar-refractivity contribution >= 4 is 0 Å². The van der Waals surface area contributed by atoms with Crippen LogP contribution in [0.3, 0.4) is 0 Å². The Hall–Kier alpha value is -0.870. The Morgan fingerprint density at radius 3 is 2.94 bits per heavy atom. The molecule has 0 radical (unpaired) electrons. The summed E-state index contributed by atoms with van der Waals surface area (Å²) in [5.74, 6) is 0. The highest BCUT2D eigenvalue weighted by Crippen LogP contribution is 2.12. The van der Waals surface area contributed by atoms with E-state index in [1.54, 1.807) is 0 Å². The zero-order valence-corrected chi connectivity index (χ0v) is 11.2. The molecule has 2 heterocycles. The second kappa shape index (κ2) is 5.65. The summed E-state index contributed by atoms with van der Waals surface area (Å²) in [6.07, 6.45) is 4.65. The molecule has 1 aromatic rings. The summed E-state index contributed by atoms with van der Waals surface area (Å²) in [6.45, 7) is 7.79. The van der Waals surface area contributed by atoms with Crippen molar-refractivity contribution in [2.75, 3.05) is 13.1 Å². The third-order valence-electron chi connectivity index (χ3n) is 3.48. The number of aryl methyl sites for hydroxylation is 1. The van der Waals surface area contributed by atoms with Crippen LogP contribution >= 0.6 is 0 Å². The fourth-order valence-electron chi connectivity index (χ4n) is 2.41. The number of nitrogens with zero attached hydrogens (tertiary/aromatic N) is 3. The van der Waals surface area contributed by atoms with Crippen LogP contribution in [-0.2, 0) is 13.6 Å². The van der Waals surface area contributed by atoms with Crippen LogP contribution in [0.4, 0.5) is 0 Å². The first-order valence-corrected chi connectivity index (χ1v) is 6.61. The van der Waals surface area contributed by atoms with Gasteiger partial charge in [-0.15, -0.1) is 0 Å². The summed E-state index contributed by atoms with van der Waals surface area (Å²) < 4.78 is 1.88. The molecule has 0 bridgehead atoms. The van der Waals surface area contributed by atoms with E-state index in [1.165, 1.54) is 25.1 Å². The Balaban J connectivity index is 1.92. The minimum absolute atomic E-state index is 0.569. The van der Waals surface area contributed by atoms with Crippen LogP contribution in [0.2, 0.25) is 0 Å². The summed E-state index contributed by atoms with van der Waals surface area (Å²) in [5, 5.41) is 8.03. The topological polar surface area (TPSA) is 33.1 Å². The van der Waals surface area contributed by atoms with Crippen LogP contribution in [0.5, 0.6) is 0 Å². The lowest BCUT2D eigenvalue weighted by Gasteiger charge is -2.28. The van der Waals surface area contributed by atoms with Crippen LogP contribution in [-0.4, -0.2) is 39.9 Å². The Morgan fingerprint density at radius 2 is 2.41 bits per heavy atom. The molecule has 1 N–H and O–H groups in total. The molecule has 4 nitrogen and oxygen atoms in total. The lowest BCUT2D eigenvalue weighted by Crippen LogP contribution is -2.40. The van der Waals surface area contributed by atoms with E-state index in [1.807, 2.05) is 17.9 Å². The van der Waals surface area contributed by atoms with Gasteiger partial charge in [-0.2, -0.15) is 5.10 Å². The molecular weight excluding hydrogens is 212 g/mol. The number of hydrogen-bond donors (Lipinski definition) is 1. The fourth-order valence-corrected chi connectivity index (χ4v) is 2.41. The van der Waals surface area contributed by atoms with Crippen molar-refractivity contribution in [1.82, 2.24) is 20.0 Å². The molecule has 0 amide bonds. The van der Waals surface area contributed by atoms with Crippen LogP contribution in [0.1, 0.15) is 32.4 Å². The summed E-state index contributed by atoms with van der Waals surface area (Å²) >= 11 is 0. The summed E-state index contributed by atoms with van der Waals surface area (Å²) in [6, 6.07) is 3.35. The first-order valence-electron chi connectivity index (χ1n) is 6.61. The normalized spacial score (nSPS) is 20.6. The molecule has 1 unspecified atom stereocenters. The Kier molecular flexibility index (Phi) is 4.18. The fraction of sp³-hybridized carbons (Fsp3) is 0.769. The van der Waals surface area contributed by atoms with Crippen molar-refractivity contribution in [3.05, 3.63) is 18.0 Å². The lowest BCUT2D eigenvalue weighted by atomic mass is 10.2. The van der Waals surface area contributed by atoms with Gasteiger partial charge in [-0.05, 0) is 39.3 Å². The molecule has 1 aliphatic heterocycles. The van der Waals surface area contributed by atoms with Crippen LogP contribution in [0.15, 0.2) is 12.3 Å². The minimum atomic E-state index is 0.569. The zero-order chi connectivity index (χ0) is 12.3. The Bertz CT molecular complexity index is 339. The largest absolute Gasteiger partial charge is 0.313 e. The van der Waals surface area contributed by atoms with Gasteiger partial charge in [-0.3, -0.25) is 9.58 Å². The van der Waals surface area contributed by atoms with E-state index in [-0.39, 0.29) is 0 Å². The van der Waals surface area contributed by atoms with Gasteiger partial charge in [-0.25, -0.2) is 0 Å². The molecule has 0 saturated carbocycles. The molecular formula is C13H24N4. The van der Waals surface area contributed by atoms with Gasteiger partial charge < -0.3 is 5.32 Å². The van der Waals surface area contributed by atoms with Gasteiger partial charge in [0.25, 0.3) is 0 Å². The zero-order valence-electron chi connectivity index (χ0n) is 11.2. The molecule has 1 aliphatic rings. The number of aromatic nitrogens is 2. The first-order chi connectivity index (χ1) is 8.15. The molecule has 1 saturated heterocycles. The van der Waals surface area contributed by atoms with Gasteiger partial charge in [0.2, 0.25) is 0 Å². The van der Waals surface area contributed by atoms with Gasteiger partial charge >= 0.3 is 0 Å². The lowest BCUT2D eigenvalue weighted by molar-refractivity contribution is 0.191. The van der Waals surface area contributed by atoms with E-state index < -0.39 is 0 Å². The molecule has 1 fully saturated rings. The highest BCUT2D eigenvalue weighted by Gasteiger charge is 2.20. The Labute approximate surface area is 104 Å². The second-order valence-electron chi connectivity index (χ2n) is 5.30. The standard InChI is InChI=1S/C13H24N4/c1-11(2)17(9-12-5-4-7-14-12)10-13-6-8-16(3)15-13/h6,8,11-12,14H,4-5,7,9-10H2,1-3H3. The molecule has 0 spiro atoms. The van der Waals surface area contributed by atoms with Crippen molar-refractivity contribution in [3.63, 3.8) is 0 Å². The molecule has 4 heteroatoms. The predicted octanol–water partition coefficient (Wildman–Crippen LogP) is 1.38. The molecule has 0 aromatic carbocycles. The van der Waals surface area contributed by atoms with Crippen LogP contribution in [0.25, 0.3) is 0 Å².